The maximum atomic E-state index is 9.20. The highest BCUT2D eigenvalue weighted by Crippen LogP contribution is 2.22. The molecule has 0 aliphatic heterocycles. The molecule has 0 aliphatic rings. The summed E-state index contributed by atoms with van der Waals surface area (Å²) in [5.74, 6) is 0.758. The summed E-state index contributed by atoms with van der Waals surface area (Å²) in [6.07, 6.45) is 0.705. The molecule has 0 fully saturated rings. The first-order valence-corrected chi connectivity index (χ1v) is 7.19. The summed E-state index contributed by atoms with van der Waals surface area (Å²) in [5, 5.41) is 24.5. The minimum Gasteiger partial charge on any atom is -0.396 e. The third-order valence-electron chi connectivity index (χ3n) is 3.50. The van der Waals surface area contributed by atoms with E-state index in [1.165, 1.54) is 0 Å². The van der Waals surface area contributed by atoms with E-state index in [1.807, 2.05) is 30.3 Å². The highest BCUT2D eigenvalue weighted by molar-refractivity contribution is 5.30. The van der Waals surface area contributed by atoms with Gasteiger partial charge >= 0.3 is 0 Å². The van der Waals surface area contributed by atoms with Gasteiger partial charge in [-0.2, -0.15) is 4.68 Å². The Balaban J connectivity index is 2.09. The third-order valence-corrected chi connectivity index (χ3v) is 3.50. The second-order valence-corrected chi connectivity index (χ2v) is 6.15. The van der Waals surface area contributed by atoms with Crippen LogP contribution in [0.1, 0.15) is 33.0 Å². The van der Waals surface area contributed by atoms with Gasteiger partial charge in [0, 0.05) is 12.6 Å². The van der Waals surface area contributed by atoms with E-state index in [2.05, 4.69) is 41.6 Å². The van der Waals surface area contributed by atoms with Gasteiger partial charge in [-0.1, -0.05) is 39.0 Å². The first-order valence-electron chi connectivity index (χ1n) is 7.19. The van der Waals surface area contributed by atoms with Crippen LogP contribution in [0.3, 0.4) is 0 Å². The van der Waals surface area contributed by atoms with Crippen molar-refractivity contribution in [2.24, 2.45) is 5.41 Å². The summed E-state index contributed by atoms with van der Waals surface area (Å²) < 4.78 is 1.73. The van der Waals surface area contributed by atoms with Gasteiger partial charge in [0.05, 0.1) is 12.2 Å². The van der Waals surface area contributed by atoms with Gasteiger partial charge in [0.25, 0.3) is 0 Å². The smallest absolute Gasteiger partial charge is 0.170 e. The normalized spacial score (nSPS) is 13.3. The van der Waals surface area contributed by atoms with E-state index in [0.717, 1.165) is 11.5 Å². The lowest BCUT2D eigenvalue weighted by Crippen LogP contribution is -2.41. The summed E-state index contributed by atoms with van der Waals surface area (Å²) in [6.45, 7) is 7.18. The molecule has 1 aromatic carbocycles. The Hall–Kier alpha value is -1.79. The molecule has 0 saturated heterocycles. The van der Waals surface area contributed by atoms with Crippen molar-refractivity contribution >= 4 is 0 Å². The van der Waals surface area contributed by atoms with Gasteiger partial charge in [0.15, 0.2) is 5.82 Å². The molecule has 0 saturated carbocycles. The van der Waals surface area contributed by atoms with E-state index in [0.29, 0.717) is 13.0 Å². The van der Waals surface area contributed by atoms with Crippen molar-refractivity contribution in [3.63, 3.8) is 0 Å². The molecule has 114 valence electrons. The molecule has 0 amide bonds. The third kappa shape index (κ3) is 4.09. The van der Waals surface area contributed by atoms with Crippen LogP contribution in [-0.2, 0) is 6.54 Å². The van der Waals surface area contributed by atoms with E-state index < -0.39 is 0 Å². The molecular formula is C15H23N5O. The van der Waals surface area contributed by atoms with Crippen molar-refractivity contribution < 1.29 is 5.11 Å². The maximum Gasteiger partial charge on any atom is 0.170 e. The van der Waals surface area contributed by atoms with Crippen LogP contribution in [0.2, 0.25) is 0 Å². The number of rotatable bonds is 6. The lowest BCUT2D eigenvalue weighted by atomic mass is 9.85. The predicted molar refractivity (Wildman–Crippen MR) is 80.9 cm³/mol. The van der Waals surface area contributed by atoms with Gasteiger partial charge in [0.1, 0.15) is 0 Å². The first kappa shape index (κ1) is 15.6. The Morgan fingerprint density at radius 2 is 1.95 bits per heavy atom. The average Bonchev–Trinajstić information content (AvgIpc) is 2.91. The zero-order valence-corrected chi connectivity index (χ0v) is 12.8. The number of benzene rings is 1. The van der Waals surface area contributed by atoms with E-state index in [9.17, 15) is 5.11 Å². The lowest BCUT2D eigenvalue weighted by Gasteiger charge is -2.31. The Labute approximate surface area is 125 Å². The fourth-order valence-electron chi connectivity index (χ4n) is 2.27. The number of tetrazole rings is 1. The molecule has 0 radical (unpaired) electrons. The minimum atomic E-state index is 0.0633. The molecular weight excluding hydrogens is 266 g/mol. The van der Waals surface area contributed by atoms with Crippen molar-refractivity contribution in [1.82, 2.24) is 25.5 Å². The monoisotopic (exact) mass is 289 g/mol. The predicted octanol–water partition coefficient (Wildman–Crippen LogP) is 1.55. The molecule has 0 spiro atoms. The van der Waals surface area contributed by atoms with Crippen LogP contribution in [0.15, 0.2) is 30.3 Å². The van der Waals surface area contributed by atoms with Crippen molar-refractivity contribution in [3.8, 4) is 5.69 Å². The second-order valence-electron chi connectivity index (χ2n) is 6.15. The quantitative estimate of drug-likeness (QED) is 0.844. The molecule has 2 aromatic rings. The van der Waals surface area contributed by atoms with Crippen LogP contribution in [-0.4, -0.2) is 38.0 Å². The van der Waals surface area contributed by atoms with Crippen LogP contribution in [0.25, 0.3) is 5.69 Å². The largest absolute Gasteiger partial charge is 0.396 e. The molecule has 2 N–H and O–H groups in total. The molecule has 0 aliphatic carbocycles. The summed E-state index contributed by atoms with van der Waals surface area (Å²) >= 11 is 0. The fourth-order valence-corrected chi connectivity index (χ4v) is 2.27. The van der Waals surface area contributed by atoms with Crippen LogP contribution >= 0.6 is 0 Å². The average molecular weight is 289 g/mol. The van der Waals surface area contributed by atoms with E-state index >= 15 is 0 Å². The summed E-state index contributed by atoms with van der Waals surface area (Å²) in [5.41, 5.74) is 1.00. The maximum absolute atomic E-state index is 9.20. The number of nitrogens with zero attached hydrogens (tertiary/aromatic N) is 4. The highest BCUT2D eigenvalue weighted by atomic mass is 16.3. The number of hydrogen-bond acceptors (Lipinski definition) is 5. The number of hydrogen-bond donors (Lipinski definition) is 2. The minimum absolute atomic E-state index is 0.0633. The Morgan fingerprint density at radius 1 is 1.24 bits per heavy atom. The Kier molecular flexibility index (Phi) is 5.03. The van der Waals surface area contributed by atoms with Gasteiger partial charge in [0.2, 0.25) is 0 Å². The zero-order chi connectivity index (χ0) is 15.3. The second kappa shape index (κ2) is 6.78. The van der Waals surface area contributed by atoms with Gasteiger partial charge in [-0.05, 0) is 34.4 Å². The fraction of sp³-hybridized carbons (Fsp3) is 0.533. The zero-order valence-electron chi connectivity index (χ0n) is 12.8. The highest BCUT2D eigenvalue weighted by Gasteiger charge is 2.24. The van der Waals surface area contributed by atoms with Gasteiger partial charge < -0.3 is 10.4 Å². The van der Waals surface area contributed by atoms with E-state index in [4.69, 9.17) is 0 Å². The summed E-state index contributed by atoms with van der Waals surface area (Å²) in [7, 11) is 0. The molecule has 2 rings (SSSR count). The number of aliphatic hydroxyl groups is 1. The Bertz CT molecular complexity index is 547. The van der Waals surface area contributed by atoms with E-state index in [-0.39, 0.29) is 18.1 Å². The molecule has 6 nitrogen and oxygen atoms in total. The van der Waals surface area contributed by atoms with E-state index in [1.54, 1.807) is 4.68 Å². The topological polar surface area (TPSA) is 75.9 Å². The van der Waals surface area contributed by atoms with Crippen LogP contribution in [0, 0.1) is 5.41 Å². The van der Waals surface area contributed by atoms with Gasteiger partial charge in [-0.3, -0.25) is 0 Å². The molecule has 6 heteroatoms. The number of aromatic nitrogens is 4. The molecule has 1 heterocycles. The van der Waals surface area contributed by atoms with Crippen molar-refractivity contribution in [3.05, 3.63) is 36.2 Å². The number of nitrogens with one attached hydrogen (secondary N) is 1. The summed E-state index contributed by atoms with van der Waals surface area (Å²) in [6, 6.07) is 10.0. The van der Waals surface area contributed by atoms with Crippen molar-refractivity contribution in [1.29, 1.82) is 0 Å². The molecule has 1 atom stereocenters. The summed E-state index contributed by atoms with van der Waals surface area (Å²) in [4.78, 5) is 0. The molecule has 1 aromatic heterocycles. The number of para-hydroxylation sites is 1. The SMILES string of the molecule is CC(C)(C)C(CCO)NCc1nnnn1-c1ccccc1. The van der Waals surface area contributed by atoms with Crippen molar-refractivity contribution in [2.75, 3.05) is 6.61 Å². The molecule has 0 bridgehead atoms. The van der Waals surface area contributed by atoms with Gasteiger partial charge in [-0.15, -0.1) is 5.10 Å². The van der Waals surface area contributed by atoms with Crippen LogP contribution in [0.4, 0.5) is 0 Å². The van der Waals surface area contributed by atoms with Crippen molar-refractivity contribution in [2.45, 2.75) is 39.8 Å². The van der Waals surface area contributed by atoms with Crippen LogP contribution in [0.5, 0.6) is 0 Å². The first-order chi connectivity index (χ1) is 10.0. The standard InChI is InChI=1S/C15H23N5O/c1-15(2,3)13(9-10-21)16-11-14-17-18-19-20(14)12-7-5-4-6-8-12/h4-8,13,16,21H,9-11H2,1-3H3. The van der Waals surface area contributed by atoms with Gasteiger partial charge in [-0.25, -0.2) is 0 Å². The number of aliphatic hydroxyl groups excluding tert-OH is 1. The molecule has 21 heavy (non-hydrogen) atoms. The van der Waals surface area contributed by atoms with Crippen LogP contribution < -0.4 is 5.32 Å². The lowest BCUT2D eigenvalue weighted by molar-refractivity contribution is 0.195. The Morgan fingerprint density at radius 3 is 2.57 bits per heavy atom. The molecule has 1 unspecified atom stereocenters.